The fourth-order valence-electron chi connectivity index (χ4n) is 1.64. The molecule has 0 amide bonds. The van der Waals surface area contributed by atoms with Gasteiger partial charge in [0.15, 0.2) is 5.78 Å². The van der Waals surface area contributed by atoms with Gasteiger partial charge in [-0.3, -0.25) is 4.79 Å². The van der Waals surface area contributed by atoms with Gasteiger partial charge in [-0.2, -0.15) is 0 Å². The van der Waals surface area contributed by atoms with Crippen molar-refractivity contribution in [2.75, 3.05) is 0 Å². The molecule has 0 N–H and O–H groups in total. The van der Waals surface area contributed by atoms with Crippen molar-refractivity contribution in [1.82, 2.24) is 4.98 Å². The highest BCUT2D eigenvalue weighted by Crippen LogP contribution is 2.24. The molecule has 0 aliphatic carbocycles. The van der Waals surface area contributed by atoms with Crippen LogP contribution >= 0.6 is 11.3 Å². The third kappa shape index (κ3) is 3.47. The highest BCUT2D eigenvalue weighted by Gasteiger charge is 2.18. The van der Waals surface area contributed by atoms with Gasteiger partial charge in [0.05, 0.1) is 12.1 Å². The summed E-state index contributed by atoms with van der Waals surface area (Å²) in [4.78, 5) is 16.5. The first-order valence-electron chi connectivity index (χ1n) is 6.10. The fraction of sp³-hybridized carbons (Fsp3) is 0.333. The maximum Gasteiger partial charge on any atom is 0.169 e. The van der Waals surface area contributed by atoms with Gasteiger partial charge in [-0.25, -0.2) is 9.37 Å². The Morgan fingerprint density at radius 3 is 2.68 bits per heavy atom. The van der Waals surface area contributed by atoms with Crippen LogP contribution in [0.4, 0.5) is 4.39 Å². The molecule has 2 nitrogen and oxygen atoms in total. The minimum Gasteiger partial charge on any atom is -0.294 e. The lowest BCUT2D eigenvalue weighted by molar-refractivity contribution is 0.0992. The Morgan fingerprint density at radius 2 is 2.11 bits per heavy atom. The molecule has 1 aromatic heterocycles. The van der Waals surface area contributed by atoms with Crippen molar-refractivity contribution < 1.29 is 9.18 Å². The topological polar surface area (TPSA) is 30.0 Å². The second kappa shape index (κ2) is 5.21. The van der Waals surface area contributed by atoms with Crippen LogP contribution in [0.1, 0.15) is 41.8 Å². The van der Waals surface area contributed by atoms with Crippen LogP contribution in [0, 0.1) is 5.82 Å². The van der Waals surface area contributed by atoms with E-state index in [-0.39, 0.29) is 23.4 Å². The molecule has 19 heavy (non-hydrogen) atoms. The normalized spacial score (nSPS) is 11.6. The molecule has 0 atom stereocenters. The molecular formula is C15H16FNOS. The van der Waals surface area contributed by atoms with Gasteiger partial charge in [0.1, 0.15) is 10.8 Å². The zero-order valence-electron chi connectivity index (χ0n) is 11.2. The average Bonchev–Trinajstić information content (AvgIpc) is 2.77. The summed E-state index contributed by atoms with van der Waals surface area (Å²) in [5.41, 5.74) is 1.36. The van der Waals surface area contributed by atoms with Crippen molar-refractivity contribution in [3.05, 3.63) is 51.7 Å². The zero-order valence-corrected chi connectivity index (χ0v) is 12.1. The molecule has 0 saturated heterocycles. The summed E-state index contributed by atoms with van der Waals surface area (Å²) in [5, 5.41) is 2.76. The van der Waals surface area contributed by atoms with E-state index in [1.807, 2.05) is 5.38 Å². The first-order valence-corrected chi connectivity index (χ1v) is 6.98. The minimum absolute atomic E-state index is 0.0172. The molecule has 0 aliphatic rings. The summed E-state index contributed by atoms with van der Waals surface area (Å²) in [7, 11) is 0. The monoisotopic (exact) mass is 277 g/mol. The summed E-state index contributed by atoms with van der Waals surface area (Å²) in [6.45, 7) is 6.25. The van der Waals surface area contributed by atoms with Crippen LogP contribution in [0.25, 0.3) is 0 Å². The smallest absolute Gasteiger partial charge is 0.169 e. The average molecular weight is 277 g/mol. The first-order chi connectivity index (χ1) is 8.86. The van der Waals surface area contributed by atoms with E-state index >= 15 is 0 Å². The lowest BCUT2D eigenvalue weighted by Crippen LogP contribution is -2.12. The summed E-state index contributed by atoms with van der Waals surface area (Å²) < 4.78 is 13.1. The second-order valence-electron chi connectivity index (χ2n) is 5.49. The number of Topliss-reactive ketones (excluding diaryl/α,β-unsaturated/α-hetero) is 1. The first kappa shape index (κ1) is 13.9. The van der Waals surface area contributed by atoms with Gasteiger partial charge in [0.2, 0.25) is 0 Å². The number of hydrogen-bond acceptors (Lipinski definition) is 3. The number of carbonyl (C=O) groups excluding carboxylic acids is 1. The van der Waals surface area contributed by atoms with Gasteiger partial charge in [-0.15, -0.1) is 11.3 Å². The van der Waals surface area contributed by atoms with Gasteiger partial charge < -0.3 is 0 Å². The molecule has 2 rings (SSSR count). The van der Waals surface area contributed by atoms with E-state index in [0.29, 0.717) is 5.56 Å². The zero-order chi connectivity index (χ0) is 14.0. The van der Waals surface area contributed by atoms with E-state index in [9.17, 15) is 9.18 Å². The van der Waals surface area contributed by atoms with Crippen LogP contribution < -0.4 is 0 Å². The van der Waals surface area contributed by atoms with E-state index in [0.717, 1.165) is 10.7 Å². The maximum atomic E-state index is 13.1. The van der Waals surface area contributed by atoms with Gasteiger partial charge in [-0.1, -0.05) is 32.9 Å². The number of aromatic nitrogens is 1. The summed E-state index contributed by atoms with van der Waals surface area (Å²) in [5.74, 6) is -0.491. The van der Waals surface area contributed by atoms with Crippen molar-refractivity contribution in [3.8, 4) is 0 Å². The molecule has 2 aromatic rings. The summed E-state index contributed by atoms with van der Waals surface area (Å²) in [6, 6.07) is 5.77. The largest absolute Gasteiger partial charge is 0.294 e. The lowest BCUT2D eigenvalue weighted by Gasteiger charge is -2.14. The molecule has 1 heterocycles. The molecule has 1 aromatic carbocycles. The number of rotatable bonds is 3. The fourth-order valence-corrected chi connectivity index (χ4v) is 2.66. The molecule has 0 spiro atoms. The van der Waals surface area contributed by atoms with Crippen molar-refractivity contribution >= 4 is 17.1 Å². The molecular weight excluding hydrogens is 261 g/mol. The molecule has 0 aliphatic heterocycles. The van der Waals surface area contributed by atoms with Crippen LogP contribution in [0.15, 0.2) is 29.6 Å². The quantitative estimate of drug-likeness (QED) is 0.794. The number of ketones is 1. The number of thiazole rings is 1. The Kier molecular flexibility index (Phi) is 3.80. The Morgan fingerprint density at radius 1 is 1.37 bits per heavy atom. The Labute approximate surface area is 116 Å². The third-order valence-corrected chi connectivity index (χ3v) is 3.63. The number of carbonyl (C=O) groups is 1. The third-order valence-electron chi connectivity index (χ3n) is 2.78. The summed E-state index contributed by atoms with van der Waals surface area (Å²) in [6.07, 6.45) is 0.226. The minimum atomic E-state index is -0.389. The molecule has 100 valence electrons. The van der Waals surface area contributed by atoms with E-state index in [2.05, 4.69) is 25.8 Å². The van der Waals surface area contributed by atoms with Gasteiger partial charge in [0, 0.05) is 16.4 Å². The number of halogens is 1. The molecule has 0 fully saturated rings. The van der Waals surface area contributed by atoms with E-state index < -0.39 is 0 Å². The standard InChI is InChI=1S/C15H16FNOS/c1-15(2,3)13-9-19-14(17-13)8-12(18)10-5-4-6-11(16)7-10/h4-7,9H,8H2,1-3H3. The maximum absolute atomic E-state index is 13.1. The molecule has 4 heteroatoms. The van der Waals surface area contributed by atoms with Crippen molar-refractivity contribution in [1.29, 1.82) is 0 Å². The Bertz CT molecular complexity index is 598. The SMILES string of the molecule is CC(C)(C)c1csc(CC(=O)c2cccc(F)c2)n1. The Balaban J connectivity index is 2.13. The highest BCUT2D eigenvalue weighted by molar-refractivity contribution is 7.09. The predicted molar refractivity (Wildman–Crippen MR) is 75.2 cm³/mol. The second-order valence-corrected chi connectivity index (χ2v) is 6.43. The highest BCUT2D eigenvalue weighted by atomic mass is 32.1. The predicted octanol–water partition coefficient (Wildman–Crippen LogP) is 4.01. The van der Waals surface area contributed by atoms with Crippen LogP contribution in [-0.2, 0) is 11.8 Å². The van der Waals surface area contributed by atoms with Crippen LogP contribution in [0.3, 0.4) is 0 Å². The van der Waals surface area contributed by atoms with Crippen molar-refractivity contribution in [2.24, 2.45) is 0 Å². The van der Waals surface area contributed by atoms with Gasteiger partial charge >= 0.3 is 0 Å². The van der Waals surface area contributed by atoms with E-state index in [1.54, 1.807) is 12.1 Å². The van der Waals surface area contributed by atoms with Gasteiger partial charge in [-0.05, 0) is 12.1 Å². The van der Waals surface area contributed by atoms with Crippen LogP contribution in [0.2, 0.25) is 0 Å². The molecule has 0 radical (unpaired) electrons. The number of nitrogens with zero attached hydrogens (tertiary/aromatic N) is 1. The van der Waals surface area contributed by atoms with Crippen LogP contribution in [0.5, 0.6) is 0 Å². The van der Waals surface area contributed by atoms with E-state index in [1.165, 1.54) is 23.5 Å². The van der Waals surface area contributed by atoms with Crippen molar-refractivity contribution in [3.63, 3.8) is 0 Å². The number of benzene rings is 1. The van der Waals surface area contributed by atoms with Gasteiger partial charge in [0.25, 0.3) is 0 Å². The summed E-state index contributed by atoms with van der Waals surface area (Å²) >= 11 is 1.48. The van der Waals surface area contributed by atoms with E-state index in [4.69, 9.17) is 0 Å². The molecule has 0 bridgehead atoms. The Hall–Kier alpha value is -1.55. The number of hydrogen-bond donors (Lipinski definition) is 0. The van der Waals surface area contributed by atoms with Crippen LogP contribution in [-0.4, -0.2) is 10.8 Å². The lowest BCUT2D eigenvalue weighted by atomic mass is 9.93. The molecule has 0 unspecified atom stereocenters. The van der Waals surface area contributed by atoms with Crippen molar-refractivity contribution in [2.45, 2.75) is 32.6 Å². The molecule has 0 saturated carbocycles.